The molecule has 0 aliphatic carbocycles. The van der Waals surface area contributed by atoms with Gasteiger partial charge in [-0.05, 0) is 26.0 Å². The average molecular weight is 260 g/mol. The van der Waals surface area contributed by atoms with Crippen LogP contribution in [0.3, 0.4) is 0 Å². The number of aliphatic hydroxyl groups is 1. The van der Waals surface area contributed by atoms with Gasteiger partial charge in [0.2, 0.25) is 5.82 Å². The van der Waals surface area contributed by atoms with Crippen molar-refractivity contribution in [3.05, 3.63) is 29.3 Å². The summed E-state index contributed by atoms with van der Waals surface area (Å²) in [5.41, 5.74) is -0.477. The summed E-state index contributed by atoms with van der Waals surface area (Å²) in [5.74, 6) is -3.85. The second kappa shape index (κ2) is 6.30. The molecule has 6 heteroatoms. The van der Waals surface area contributed by atoms with Gasteiger partial charge in [-0.25, -0.2) is 9.18 Å². The number of benzene rings is 1. The summed E-state index contributed by atoms with van der Waals surface area (Å²) in [6.45, 7) is 3.38. The average Bonchev–Trinajstić information content (AvgIpc) is 2.35. The minimum Gasteiger partial charge on any atom is -0.491 e. The van der Waals surface area contributed by atoms with Crippen LogP contribution in [0.15, 0.2) is 12.1 Å². The monoisotopic (exact) mass is 260 g/mol. The molecule has 0 aliphatic heterocycles. The fraction of sp³-hybridized carbons (Fsp3) is 0.417. The highest BCUT2D eigenvalue weighted by atomic mass is 19.2. The van der Waals surface area contributed by atoms with Gasteiger partial charge in [0.25, 0.3) is 0 Å². The van der Waals surface area contributed by atoms with Crippen LogP contribution < -0.4 is 4.74 Å². The standard InChI is InChI=1S/C12H14F2O4/c1-3-17-8-6-5-7(9(13)10(8)14)11(15)12(16)18-4-2/h5-6,11,15H,3-4H2,1-2H3. The molecule has 0 fully saturated rings. The number of halogens is 2. The van der Waals surface area contributed by atoms with Crippen LogP contribution in [0.5, 0.6) is 5.75 Å². The van der Waals surface area contributed by atoms with Crippen molar-refractivity contribution in [2.24, 2.45) is 0 Å². The molecule has 0 aromatic heterocycles. The molecule has 1 aromatic carbocycles. The van der Waals surface area contributed by atoms with Gasteiger partial charge in [-0.3, -0.25) is 0 Å². The van der Waals surface area contributed by atoms with Crippen LogP contribution in [0.25, 0.3) is 0 Å². The lowest BCUT2D eigenvalue weighted by molar-refractivity contribution is -0.153. The third-order valence-electron chi connectivity index (χ3n) is 2.18. The van der Waals surface area contributed by atoms with Gasteiger partial charge < -0.3 is 14.6 Å². The Balaban J connectivity index is 3.04. The molecule has 0 aliphatic rings. The zero-order chi connectivity index (χ0) is 13.7. The molecule has 1 atom stereocenters. The highest BCUT2D eigenvalue weighted by molar-refractivity contribution is 5.76. The Morgan fingerprint density at radius 2 is 1.94 bits per heavy atom. The van der Waals surface area contributed by atoms with E-state index in [0.29, 0.717) is 0 Å². The molecular weight excluding hydrogens is 246 g/mol. The lowest BCUT2D eigenvalue weighted by Gasteiger charge is -2.13. The van der Waals surface area contributed by atoms with E-state index in [2.05, 4.69) is 4.74 Å². The SMILES string of the molecule is CCOC(=O)C(O)c1ccc(OCC)c(F)c1F. The van der Waals surface area contributed by atoms with Gasteiger partial charge >= 0.3 is 5.97 Å². The summed E-state index contributed by atoms with van der Waals surface area (Å²) in [6.07, 6.45) is -1.85. The summed E-state index contributed by atoms with van der Waals surface area (Å²) in [6, 6.07) is 2.24. The van der Waals surface area contributed by atoms with Gasteiger partial charge in [0, 0.05) is 5.56 Å². The molecule has 1 aromatic rings. The number of esters is 1. The smallest absolute Gasteiger partial charge is 0.339 e. The predicted molar refractivity (Wildman–Crippen MR) is 59.1 cm³/mol. The molecule has 0 saturated carbocycles. The van der Waals surface area contributed by atoms with Crippen LogP contribution in [0, 0.1) is 11.6 Å². The lowest BCUT2D eigenvalue weighted by Crippen LogP contribution is -2.17. The number of rotatable bonds is 5. The number of aliphatic hydroxyl groups excluding tert-OH is 1. The van der Waals surface area contributed by atoms with Gasteiger partial charge in [0.1, 0.15) is 0 Å². The maximum absolute atomic E-state index is 13.6. The molecule has 1 N–H and O–H groups in total. The summed E-state index contributed by atoms with van der Waals surface area (Å²) >= 11 is 0. The number of ether oxygens (including phenoxy) is 2. The second-order valence-corrected chi connectivity index (χ2v) is 3.37. The van der Waals surface area contributed by atoms with Gasteiger partial charge in [-0.1, -0.05) is 0 Å². The fourth-order valence-corrected chi connectivity index (χ4v) is 1.37. The molecule has 1 unspecified atom stereocenters. The highest BCUT2D eigenvalue weighted by Gasteiger charge is 2.25. The zero-order valence-corrected chi connectivity index (χ0v) is 10.1. The topological polar surface area (TPSA) is 55.8 Å². The first-order valence-electron chi connectivity index (χ1n) is 5.48. The van der Waals surface area contributed by atoms with Crippen molar-refractivity contribution in [1.82, 2.24) is 0 Å². The van der Waals surface area contributed by atoms with Crippen molar-refractivity contribution >= 4 is 5.97 Å². The first kappa shape index (κ1) is 14.4. The zero-order valence-electron chi connectivity index (χ0n) is 10.1. The Kier molecular flexibility index (Phi) is 5.03. The van der Waals surface area contributed by atoms with E-state index < -0.39 is 29.3 Å². The number of carbonyl (C=O) groups excluding carboxylic acids is 1. The molecule has 1 rings (SSSR count). The van der Waals surface area contributed by atoms with Crippen LogP contribution in [0.4, 0.5) is 8.78 Å². The Morgan fingerprint density at radius 1 is 1.28 bits per heavy atom. The molecule has 4 nitrogen and oxygen atoms in total. The summed E-state index contributed by atoms with van der Waals surface area (Å²) in [5, 5.41) is 9.52. The van der Waals surface area contributed by atoms with E-state index in [0.717, 1.165) is 12.1 Å². The third-order valence-corrected chi connectivity index (χ3v) is 2.18. The van der Waals surface area contributed by atoms with Crippen molar-refractivity contribution in [2.45, 2.75) is 20.0 Å². The van der Waals surface area contributed by atoms with Crippen LogP contribution in [-0.4, -0.2) is 24.3 Å². The van der Waals surface area contributed by atoms with E-state index in [4.69, 9.17) is 4.74 Å². The maximum Gasteiger partial charge on any atom is 0.339 e. The van der Waals surface area contributed by atoms with Gasteiger partial charge in [0.05, 0.1) is 13.2 Å². The summed E-state index contributed by atoms with van der Waals surface area (Å²) in [7, 11) is 0. The van der Waals surface area contributed by atoms with E-state index in [1.54, 1.807) is 13.8 Å². The Bertz CT molecular complexity index is 434. The molecule has 0 radical (unpaired) electrons. The molecule has 100 valence electrons. The van der Waals surface area contributed by atoms with Crippen molar-refractivity contribution in [3.8, 4) is 5.75 Å². The molecule has 0 heterocycles. The number of hydrogen-bond donors (Lipinski definition) is 1. The first-order valence-corrected chi connectivity index (χ1v) is 5.48. The molecular formula is C12H14F2O4. The van der Waals surface area contributed by atoms with E-state index in [1.165, 1.54) is 0 Å². The van der Waals surface area contributed by atoms with Crippen molar-refractivity contribution in [3.63, 3.8) is 0 Å². The van der Waals surface area contributed by atoms with Crippen molar-refractivity contribution in [2.75, 3.05) is 13.2 Å². The van der Waals surface area contributed by atoms with Gasteiger partial charge in [-0.15, -0.1) is 0 Å². The van der Waals surface area contributed by atoms with Crippen LogP contribution in [-0.2, 0) is 9.53 Å². The van der Waals surface area contributed by atoms with Gasteiger partial charge in [0.15, 0.2) is 17.7 Å². The number of carbonyl (C=O) groups is 1. The Labute approximate surface area is 103 Å². The van der Waals surface area contributed by atoms with E-state index in [1.807, 2.05) is 0 Å². The highest BCUT2D eigenvalue weighted by Crippen LogP contribution is 2.27. The summed E-state index contributed by atoms with van der Waals surface area (Å²) < 4.78 is 36.5. The molecule has 0 spiro atoms. The van der Waals surface area contributed by atoms with E-state index in [9.17, 15) is 18.7 Å². The van der Waals surface area contributed by atoms with Crippen LogP contribution in [0.1, 0.15) is 25.5 Å². The minimum atomic E-state index is -1.85. The lowest BCUT2D eigenvalue weighted by atomic mass is 10.1. The first-order chi connectivity index (χ1) is 8.52. The molecule has 0 saturated heterocycles. The molecule has 18 heavy (non-hydrogen) atoms. The van der Waals surface area contributed by atoms with E-state index in [-0.39, 0.29) is 19.0 Å². The fourth-order valence-electron chi connectivity index (χ4n) is 1.37. The third kappa shape index (κ3) is 2.95. The minimum absolute atomic E-state index is 0.0387. The van der Waals surface area contributed by atoms with Crippen LogP contribution >= 0.6 is 0 Å². The Hall–Kier alpha value is -1.69. The normalized spacial score (nSPS) is 12.1. The second-order valence-electron chi connectivity index (χ2n) is 3.37. The maximum atomic E-state index is 13.6. The quantitative estimate of drug-likeness (QED) is 0.822. The van der Waals surface area contributed by atoms with Crippen LogP contribution in [0.2, 0.25) is 0 Å². The Morgan fingerprint density at radius 3 is 2.50 bits per heavy atom. The predicted octanol–water partition coefficient (Wildman–Crippen LogP) is 1.96. The summed E-state index contributed by atoms with van der Waals surface area (Å²) in [4.78, 5) is 11.2. The van der Waals surface area contributed by atoms with E-state index >= 15 is 0 Å². The number of hydrogen-bond acceptors (Lipinski definition) is 4. The molecule has 0 amide bonds. The van der Waals surface area contributed by atoms with Crippen molar-refractivity contribution < 1.29 is 28.2 Å². The van der Waals surface area contributed by atoms with Gasteiger partial charge in [-0.2, -0.15) is 4.39 Å². The molecule has 0 bridgehead atoms. The van der Waals surface area contributed by atoms with Crippen molar-refractivity contribution in [1.29, 1.82) is 0 Å². The largest absolute Gasteiger partial charge is 0.491 e.